The summed E-state index contributed by atoms with van der Waals surface area (Å²) in [5, 5.41) is 15.2. The maximum Gasteiger partial charge on any atom is 0.321 e. The lowest BCUT2D eigenvalue weighted by Crippen LogP contribution is -2.50. The van der Waals surface area contributed by atoms with Gasteiger partial charge in [0.1, 0.15) is 5.82 Å². The Hall–Kier alpha value is -3.23. The molecule has 0 spiro atoms. The van der Waals surface area contributed by atoms with Crippen LogP contribution < -0.4 is 10.2 Å². The molecule has 134 valence electrons. The number of benzene rings is 1. The van der Waals surface area contributed by atoms with Crippen molar-refractivity contribution in [3.63, 3.8) is 0 Å². The van der Waals surface area contributed by atoms with E-state index in [1.54, 1.807) is 27.7 Å². The maximum atomic E-state index is 13.2. The van der Waals surface area contributed by atoms with E-state index in [9.17, 15) is 9.18 Å². The average Bonchev–Trinajstić information content (AvgIpc) is 3.02. The van der Waals surface area contributed by atoms with Gasteiger partial charge in [-0.05, 0) is 25.1 Å². The zero-order valence-electron chi connectivity index (χ0n) is 14.3. The van der Waals surface area contributed by atoms with Crippen LogP contribution in [0.4, 0.5) is 20.6 Å². The minimum atomic E-state index is -0.376. The summed E-state index contributed by atoms with van der Waals surface area (Å²) in [6.07, 6.45) is 1.78. The molecule has 8 nitrogen and oxygen atoms in total. The molecule has 1 fully saturated rings. The monoisotopic (exact) mass is 355 g/mol. The third kappa shape index (κ3) is 3.15. The second-order valence-corrected chi connectivity index (χ2v) is 6.15. The molecule has 1 saturated heterocycles. The third-order valence-corrected chi connectivity index (χ3v) is 4.41. The topological polar surface area (TPSA) is 78.7 Å². The van der Waals surface area contributed by atoms with Crippen LogP contribution in [0.3, 0.4) is 0 Å². The van der Waals surface area contributed by atoms with E-state index in [4.69, 9.17) is 0 Å². The SMILES string of the molecule is Cc1nnc2cc(N3CCN(C(=O)Nc4cccc(F)c4)CC3)cnn12. The van der Waals surface area contributed by atoms with Crippen molar-refractivity contribution in [2.75, 3.05) is 36.4 Å². The summed E-state index contributed by atoms with van der Waals surface area (Å²) >= 11 is 0. The summed E-state index contributed by atoms with van der Waals surface area (Å²) < 4.78 is 14.9. The Balaban J connectivity index is 1.39. The van der Waals surface area contributed by atoms with Crippen molar-refractivity contribution >= 4 is 23.1 Å². The van der Waals surface area contributed by atoms with Crippen LogP contribution in [0.15, 0.2) is 36.5 Å². The first kappa shape index (κ1) is 16.2. The summed E-state index contributed by atoms with van der Waals surface area (Å²) in [6.45, 7) is 4.35. The van der Waals surface area contributed by atoms with Crippen molar-refractivity contribution in [1.82, 2.24) is 24.7 Å². The number of carbonyl (C=O) groups excluding carboxylic acids is 1. The van der Waals surface area contributed by atoms with Gasteiger partial charge in [0, 0.05) is 37.9 Å². The quantitative estimate of drug-likeness (QED) is 0.760. The van der Waals surface area contributed by atoms with Gasteiger partial charge in [0.2, 0.25) is 0 Å². The van der Waals surface area contributed by atoms with E-state index in [0.29, 0.717) is 37.5 Å². The van der Waals surface area contributed by atoms with Crippen LogP contribution >= 0.6 is 0 Å². The highest BCUT2D eigenvalue weighted by atomic mass is 19.1. The molecule has 3 aromatic rings. The van der Waals surface area contributed by atoms with Gasteiger partial charge >= 0.3 is 6.03 Å². The number of hydrogen-bond donors (Lipinski definition) is 1. The van der Waals surface area contributed by atoms with Gasteiger partial charge in [-0.15, -0.1) is 10.2 Å². The molecule has 0 saturated carbocycles. The number of rotatable bonds is 2. The molecule has 1 N–H and O–H groups in total. The lowest BCUT2D eigenvalue weighted by molar-refractivity contribution is 0.208. The molecule has 9 heteroatoms. The van der Waals surface area contributed by atoms with Crippen molar-refractivity contribution in [2.45, 2.75) is 6.92 Å². The minimum Gasteiger partial charge on any atom is -0.367 e. The zero-order valence-corrected chi connectivity index (χ0v) is 14.3. The Labute approximate surface area is 149 Å². The van der Waals surface area contributed by atoms with E-state index >= 15 is 0 Å². The molecule has 0 bridgehead atoms. The normalized spacial score (nSPS) is 14.7. The van der Waals surface area contributed by atoms with Gasteiger partial charge in [-0.1, -0.05) is 6.07 Å². The Bertz CT molecular complexity index is 949. The smallest absolute Gasteiger partial charge is 0.321 e. The van der Waals surface area contributed by atoms with Crippen LogP contribution in [0.25, 0.3) is 5.65 Å². The number of aromatic nitrogens is 4. The molecule has 0 aliphatic carbocycles. The highest BCUT2D eigenvalue weighted by Crippen LogP contribution is 2.18. The number of anilines is 2. The maximum absolute atomic E-state index is 13.2. The van der Waals surface area contributed by atoms with E-state index in [1.807, 2.05) is 13.0 Å². The molecule has 1 aliphatic heterocycles. The largest absolute Gasteiger partial charge is 0.367 e. The minimum absolute atomic E-state index is 0.225. The van der Waals surface area contributed by atoms with E-state index in [0.717, 1.165) is 11.5 Å². The predicted molar refractivity (Wildman–Crippen MR) is 94.7 cm³/mol. The number of fused-ring (bicyclic) bond motifs is 1. The Morgan fingerprint density at radius 2 is 1.96 bits per heavy atom. The number of piperazine rings is 1. The Morgan fingerprint density at radius 3 is 2.73 bits per heavy atom. The molecule has 1 aromatic carbocycles. The summed E-state index contributed by atoms with van der Waals surface area (Å²) in [7, 11) is 0. The first-order chi connectivity index (χ1) is 12.6. The lowest BCUT2D eigenvalue weighted by atomic mass is 10.3. The van der Waals surface area contributed by atoms with Crippen LogP contribution in [0.1, 0.15) is 5.82 Å². The van der Waals surface area contributed by atoms with E-state index < -0.39 is 0 Å². The highest BCUT2D eigenvalue weighted by molar-refractivity contribution is 5.89. The van der Waals surface area contributed by atoms with Gasteiger partial charge in [-0.25, -0.2) is 9.18 Å². The molecule has 4 rings (SSSR count). The number of amides is 2. The molecule has 1 aliphatic rings. The number of carbonyl (C=O) groups is 1. The van der Waals surface area contributed by atoms with Crippen molar-refractivity contribution in [3.05, 3.63) is 48.2 Å². The second kappa shape index (κ2) is 6.58. The molecule has 26 heavy (non-hydrogen) atoms. The molecule has 0 atom stereocenters. The molecule has 3 heterocycles. The second-order valence-electron chi connectivity index (χ2n) is 6.15. The number of hydrogen-bond acceptors (Lipinski definition) is 5. The third-order valence-electron chi connectivity index (χ3n) is 4.41. The summed E-state index contributed by atoms with van der Waals surface area (Å²) in [5.74, 6) is 0.365. The predicted octanol–water partition coefficient (Wildman–Crippen LogP) is 1.93. The summed E-state index contributed by atoms with van der Waals surface area (Å²) in [6, 6.07) is 7.59. The van der Waals surface area contributed by atoms with Gasteiger partial charge in [-0.2, -0.15) is 9.61 Å². The number of nitrogens with zero attached hydrogens (tertiary/aromatic N) is 6. The van der Waals surface area contributed by atoms with Crippen molar-refractivity contribution in [1.29, 1.82) is 0 Å². The molecule has 0 radical (unpaired) electrons. The van der Waals surface area contributed by atoms with Crippen molar-refractivity contribution in [2.24, 2.45) is 0 Å². The number of aryl methyl sites for hydroxylation is 1. The van der Waals surface area contributed by atoms with E-state index in [-0.39, 0.29) is 11.8 Å². The molecule has 2 amide bonds. The van der Waals surface area contributed by atoms with Crippen LogP contribution in [-0.4, -0.2) is 56.9 Å². The van der Waals surface area contributed by atoms with Gasteiger partial charge in [-0.3, -0.25) is 0 Å². The Morgan fingerprint density at radius 1 is 1.15 bits per heavy atom. The van der Waals surface area contributed by atoms with Gasteiger partial charge in [0.15, 0.2) is 11.5 Å². The van der Waals surface area contributed by atoms with Crippen LogP contribution in [-0.2, 0) is 0 Å². The summed E-state index contributed by atoms with van der Waals surface area (Å²) in [5.41, 5.74) is 2.11. The van der Waals surface area contributed by atoms with Gasteiger partial charge in [0.05, 0.1) is 11.9 Å². The molecule has 0 unspecified atom stereocenters. The average molecular weight is 355 g/mol. The first-order valence-electron chi connectivity index (χ1n) is 8.35. The molecular formula is C17H18FN7O. The van der Waals surface area contributed by atoms with Crippen LogP contribution in [0.5, 0.6) is 0 Å². The number of halogens is 1. The van der Waals surface area contributed by atoms with Crippen molar-refractivity contribution in [3.8, 4) is 0 Å². The van der Waals surface area contributed by atoms with Gasteiger partial charge < -0.3 is 15.1 Å². The highest BCUT2D eigenvalue weighted by Gasteiger charge is 2.22. The van der Waals surface area contributed by atoms with Crippen LogP contribution in [0.2, 0.25) is 0 Å². The lowest BCUT2D eigenvalue weighted by Gasteiger charge is -2.35. The first-order valence-corrected chi connectivity index (χ1v) is 8.35. The standard InChI is InChI=1S/C17H18FN7O/c1-12-21-22-16-10-15(11-19-25(12)16)23-5-7-24(8-6-23)17(26)20-14-4-2-3-13(18)9-14/h2-4,9-11H,5-8H2,1H3,(H,20,26). The van der Waals surface area contributed by atoms with E-state index in [2.05, 4.69) is 25.5 Å². The Kier molecular flexibility index (Phi) is 4.11. The number of urea groups is 1. The fourth-order valence-corrected chi connectivity index (χ4v) is 3.00. The zero-order chi connectivity index (χ0) is 18.1. The summed E-state index contributed by atoms with van der Waals surface area (Å²) in [4.78, 5) is 16.2. The fourth-order valence-electron chi connectivity index (χ4n) is 3.00. The van der Waals surface area contributed by atoms with Crippen LogP contribution in [0, 0.1) is 12.7 Å². The fraction of sp³-hybridized carbons (Fsp3) is 0.294. The van der Waals surface area contributed by atoms with E-state index in [1.165, 1.54) is 12.1 Å². The molecular weight excluding hydrogens is 337 g/mol. The molecule has 2 aromatic heterocycles. The van der Waals surface area contributed by atoms with Gasteiger partial charge in [0.25, 0.3) is 0 Å². The van der Waals surface area contributed by atoms with Crippen molar-refractivity contribution < 1.29 is 9.18 Å². The number of nitrogens with one attached hydrogen (secondary N) is 1.